The van der Waals surface area contributed by atoms with Gasteiger partial charge in [0.1, 0.15) is 6.23 Å². The van der Waals surface area contributed by atoms with Gasteiger partial charge in [-0.2, -0.15) is 0 Å². The average Bonchev–Trinajstić information content (AvgIpc) is 2.63. The summed E-state index contributed by atoms with van der Waals surface area (Å²) in [5, 5.41) is 9.70. The Labute approximate surface area is 106 Å². The van der Waals surface area contributed by atoms with Crippen LogP contribution in [0.4, 0.5) is 0 Å². The van der Waals surface area contributed by atoms with Crippen molar-refractivity contribution >= 4 is 0 Å². The van der Waals surface area contributed by atoms with E-state index in [1.54, 1.807) is 0 Å². The van der Waals surface area contributed by atoms with Crippen LogP contribution in [-0.4, -0.2) is 41.0 Å². The van der Waals surface area contributed by atoms with Crippen molar-refractivity contribution in [2.75, 3.05) is 13.2 Å². The summed E-state index contributed by atoms with van der Waals surface area (Å²) < 4.78 is 5.77. The molecular formula is C14H29NO2. The molecule has 0 aromatic heterocycles. The summed E-state index contributed by atoms with van der Waals surface area (Å²) in [6.07, 6.45) is 3.37. The van der Waals surface area contributed by atoms with Crippen LogP contribution < -0.4 is 0 Å². The predicted octanol–water partition coefficient (Wildman–Crippen LogP) is 2.63. The van der Waals surface area contributed by atoms with E-state index in [4.69, 9.17) is 4.74 Å². The quantitative estimate of drug-likeness (QED) is 0.778. The summed E-state index contributed by atoms with van der Waals surface area (Å²) in [6.45, 7) is 12.4. The first-order valence-corrected chi connectivity index (χ1v) is 6.91. The third-order valence-electron chi connectivity index (χ3n) is 3.51. The number of nitrogens with zero attached hydrogens (tertiary/aromatic N) is 1. The van der Waals surface area contributed by atoms with E-state index in [0.717, 1.165) is 32.4 Å². The molecule has 1 fully saturated rings. The Bertz CT molecular complexity index is 223. The summed E-state index contributed by atoms with van der Waals surface area (Å²) in [4.78, 5) is 2.47. The van der Waals surface area contributed by atoms with Crippen molar-refractivity contribution in [1.29, 1.82) is 0 Å². The molecule has 3 heteroatoms. The van der Waals surface area contributed by atoms with Crippen LogP contribution in [0, 0.1) is 5.92 Å². The standard InChI is InChI=1S/C14H29NO2/c1-11(2)13-15(9-10-17-13)12(3)7-6-8-14(4,5)16/h11-13,16H,6-10H2,1-5H3. The number of hydrogen-bond donors (Lipinski definition) is 1. The highest BCUT2D eigenvalue weighted by molar-refractivity contribution is 4.78. The minimum absolute atomic E-state index is 0.284. The Kier molecular flexibility index (Phi) is 5.42. The summed E-state index contributed by atoms with van der Waals surface area (Å²) in [7, 11) is 0. The lowest BCUT2D eigenvalue weighted by Gasteiger charge is -2.32. The fraction of sp³-hybridized carbons (Fsp3) is 1.00. The van der Waals surface area contributed by atoms with E-state index in [1.165, 1.54) is 0 Å². The van der Waals surface area contributed by atoms with Crippen molar-refractivity contribution < 1.29 is 9.84 Å². The molecule has 2 unspecified atom stereocenters. The molecule has 1 aliphatic heterocycles. The van der Waals surface area contributed by atoms with Gasteiger partial charge in [-0.05, 0) is 46.0 Å². The smallest absolute Gasteiger partial charge is 0.113 e. The van der Waals surface area contributed by atoms with Crippen molar-refractivity contribution in [2.45, 2.75) is 71.8 Å². The molecule has 1 heterocycles. The fourth-order valence-corrected chi connectivity index (χ4v) is 2.54. The van der Waals surface area contributed by atoms with E-state index in [2.05, 4.69) is 25.7 Å². The zero-order chi connectivity index (χ0) is 13.1. The third kappa shape index (κ3) is 4.94. The molecule has 3 nitrogen and oxygen atoms in total. The molecule has 1 saturated heterocycles. The molecule has 0 bridgehead atoms. The van der Waals surface area contributed by atoms with Crippen LogP contribution in [0.1, 0.15) is 53.9 Å². The highest BCUT2D eigenvalue weighted by atomic mass is 16.5. The van der Waals surface area contributed by atoms with Gasteiger partial charge in [-0.25, -0.2) is 0 Å². The molecular weight excluding hydrogens is 214 g/mol. The molecule has 0 saturated carbocycles. The largest absolute Gasteiger partial charge is 0.390 e. The summed E-state index contributed by atoms with van der Waals surface area (Å²) in [6, 6.07) is 0.548. The van der Waals surface area contributed by atoms with Gasteiger partial charge in [-0.1, -0.05) is 13.8 Å². The molecule has 102 valence electrons. The first-order chi connectivity index (χ1) is 7.81. The first kappa shape index (κ1) is 14.9. The van der Waals surface area contributed by atoms with E-state index >= 15 is 0 Å². The van der Waals surface area contributed by atoms with Gasteiger partial charge in [-0.15, -0.1) is 0 Å². The normalized spacial score (nSPS) is 24.5. The van der Waals surface area contributed by atoms with Crippen LogP contribution in [0.15, 0.2) is 0 Å². The number of ether oxygens (including phenoxy) is 1. The van der Waals surface area contributed by atoms with E-state index in [-0.39, 0.29) is 6.23 Å². The number of rotatable bonds is 6. The summed E-state index contributed by atoms with van der Waals surface area (Å²) in [5.41, 5.74) is -0.529. The molecule has 1 rings (SSSR count). The molecule has 2 atom stereocenters. The van der Waals surface area contributed by atoms with Gasteiger partial charge in [-0.3, -0.25) is 4.90 Å². The topological polar surface area (TPSA) is 32.7 Å². The maximum absolute atomic E-state index is 9.70. The number of aliphatic hydroxyl groups is 1. The van der Waals surface area contributed by atoms with Crippen LogP contribution in [0.2, 0.25) is 0 Å². The Hall–Kier alpha value is -0.120. The van der Waals surface area contributed by atoms with Crippen molar-refractivity contribution in [3.63, 3.8) is 0 Å². The van der Waals surface area contributed by atoms with E-state index in [1.807, 2.05) is 13.8 Å². The van der Waals surface area contributed by atoms with Crippen LogP contribution >= 0.6 is 0 Å². The predicted molar refractivity (Wildman–Crippen MR) is 70.9 cm³/mol. The van der Waals surface area contributed by atoms with E-state index in [0.29, 0.717) is 12.0 Å². The number of hydrogen-bond acceptors (Lipinski definition) is 3. The van der Waals surface area contributed by atoms with Gasteiger partial charge in [0.25, 0.3) is 0 Å². The van der Waals surface area contributed by atoms with Crippen molar-refractivity contribution in [3.8, 4) is 0 Å². The lowest BCUT2D eigenvalue weighted by atomic mass is 9.99. The second kappa shape index (κ2) is 6.17. The molecule has 0 spiro atoms. The van der Waals surface area contributed by atoms with Gasteiger partial charge >= 0.3 is 0 Å². The Balaban J connectivity index is 2.34. The van der Waals surface area contributed by atoms with Gasteiger partial charge < -0.3 is 9.84 Å². The van der Waals surface area contributed by atoms with Crippen molar-refractivity contribution in [2.24, 2.45) is 5.92 Å². The molecule has 17 heavy (non-hydrogen) atoms. The van der Waals surface area contributed by atoms with Gasteiger partial charge in [0.2, 0.25) is 0 Å². The van der Waals surface area contributed by atoms with Gasteiger partial charge in [0, 0.05) is 12.6 Å². The SMILES string of the molecule is CC(C)C1OCCN1C(C)CCCC(C)(C)O. The third-order valence-corrected chi connectivity index (χ3v) is 3.51. The summed E-state index contributed by atoms with van der Waals surface area (Å²) in [5.74, 6) is 0.550. The van der Waals surface area contributed by atoms with Crippen molar-refractivity contribution in [1.82, 2.24) is 4.90 Å². The van der Waals surface area contributed by atoms with Crippen LogP contribution in [0.25, 0.3) is 0 Å². The molecule has 0 aromatic carbocycles. The van der Waals surface area contributed by atoms with E-state index < -0.39 is 5.60 Å². The first-order valence-electron chi connectivity index (χ1n) is 6.91. The Morgan fingerprint density at radius 2 is 2.00 bits per heavy atom. The maximum atomic E-state index is 9.70. The minimum atomic E-state index is -0.529. The fourth-order valence-electron chi connectivity index (χ4n) is 2.54. The second-order valence-corrected chi connectivity index (χ2v) is 6.30. The van der Waals surface area contributed by atoms with Crippen molar-refractivity contribution in [3.05, 3.63) is 0 Å². The maximum Gasteiger partial charge on any atom is 0.113 e. The lowest BCUT2D eigenvalue weighted by Crippen LogP contribution is -2.40. The highest BCUT2D eigenvalue weighted by Crippen LogP contribution is 2.23. The van der Waals surface area contributed by atoms with Gasteiger partial charge in [0.05, 0.1) is 12.2 Å². The van der Waals surface area contributed by atoms with Gasteiger partial charge in [0.15, 0.2) is 0 Å². The zero-order valence-electron chi connectivity index (χ0n) is 12.1. The van der Waals surface area contributed by atoms with Crippen LogP contribution in [0.5, 0.6) is 0 Å². The molecule has 0 amide bonds. The molecule has 0 aromatic rings. The average molecular weight is 243 g/mol. The molecule has 1 N–H and O–H groups in total. The monoisotopic (exact) mass is 243 g/mol. The Morgan fingerprint density at radius 1 is 1.35 bits per heavy atom. The summed E-state index contributed by atoms with van der Waals surface area (Å²) >= 11 is 0. The molecule has 0 radical (unpaired) electrons. The van der Waals surface area contributed by atoms with Crippen LogP contribution in [-0.2, 0) is 4.74 Å². The Morgan fingerprint density at radius 3 is 2.53 bits per heavy atom. The van der Waals surface area contributed by atoms with Crippen LogP contribution in [0.3, 0.4) is 0 Å². The molecule has 1 aliphatic rings. The minimum Gasteiger partial charge on any atom is -0.390 e. The van der Waals surface area contributed by atoms with E-state index in [9.17, 15) is 5.11 Å². The highest BCUT2D eigenvalue weighted by Gasteiger charge is 2.31. The zero-order valence-corrected chi connectivity index (χ0v) is 12.1. The lowest BCUT2D eigenvalue weighted by molar-refractivity contribution is -0.0204. The molecule has 0 aliphatic carbocycles. The second-order valence-electron chi connectivity index (χ2n) is 6.30.